The Kier molecular flexibility index (Phi) is 6.36. The third kappa shape index (κ3) is 4.89. The van der Waals surface area contributed by atoms with E-state index in [4.69, 9.17) is 0 Å². The molecule has 0 saturated carbocycles. The molecule has 8 nitrogen and oxygen atoms in total. The molecule has 162 valence electrons. The first-order chi connectivity index (χ1) is 15.5. The zero-order valence-electron chi connectivity index (χ0n) is 16.3. The van der Waals surface area contributed by atoms with Crippen LogP contribution < -0.4 is 10.1 Å². The highest BCUT2D eigenvalue weighted by atomic mass is 32.2. The number of fused-ring (bicyclic) bond motifs is 1. The van der Waals surface area contributed by atoms with Crippen LogP contribution in [0.2, 0.25) is 0 Å². The molecule has 0 saturated heterocycles. The Bertz CT molecular complexity index is 1250. The van der Waals surface area contributed by atoms with Crippen LogP contribution in [0, 0.1) is 0 Å². The van der Waals surface area contributed by atoms with E-state index in [0.717, 1.165) is 17.4 Å². The van der Waals surface area contributed by atoms with Gasteiger partial charge in [-0.2, -0.15) is 13.9 Å². The van der Waals surface area contributed by atoms with Crippen LogP contribution in [0.15, 0.2) is 72.1 Å². The number of para-hydroxylation sites is 1. The van der Waals surface area contributed by atoms with Crippen LogP contribution in [0.1, 0.15) is 10.4 Å². The minimum absolute atomic E-state index is 0.0685. The number of imide groups is 1. The first-order valence-electron chi connectivity index (χ1n) is 9.27. The first-order valence-corrected chi connectivity index (χ1v) is 10.3. The maximum atomic E-state index is 12.2. The molecule has 0 aliphatic heterocycles. The number of alkyl halides is 2. The molecule has 0 fully saturated rings. The number of hydrogen-bond donors (Lipinski definition) is 1. The lowest BCUT2D eigenvalue weighted by Crippen LogP contribution is -2.31. The lowest BCUT2D eigenvalue weighted by molar-refractivity contribution is -0.117. The van der Waals surface area contributed by atoms with Gasteiger partial charge in [-0.25, -0.2) is 14.6 Å². The predicted molar refractivity (Wildman–Crippen MR) is 113 cm³/mol. The molecule has 0 aliphatic carbocycles. The minimum Gasteiger partial charge on any atom is -0.435 e. The largest absolute Gasteiger partial charge is 0.435 e. The molecular formula is C21H15F2N5O3S. The van der Waals surface area contributed by atoms with Crippen LogP contribution in [0.25, 0.3) is 16.7 Å². The molecule has 4 aromatic rings. The molecule has 32 heavy (non-hydrogen) atoms. The lowest BCUT2D eigenvalue weighted by atomic mass is 10.2. The van der Waals surface area contributed by atoms with Crippen molar-refractivity contribution < 1.29 is 23.1 Å². The zero-order valence-corrected chi connectivity index (χ0v) is 17.1. The van der Waals surface area contributed by atoms with Gasteiger partial charge in [0.2, 0.25) is 5.91 Å². The Morgan fingerprint density at radius 3 is 2.53 bits per heavy atom. The molecule has 2 heterocycles. The number of rotatable bonds is 7. The van der Waals surface area contributed by atoms with Crippen molar-refractivity contribution in [1.29, 1.82) is 0 Å². The highest BCUT2D eigenvalue weighted by Gasteiger charge is 2.15. The molecule has 1 N–H and O–H groups in total. The zero-order chi connectivity index (χ0) is 22.5. The fourth-order valence-corrected chi connectivity index (χ4v) is 3.61. The van der Waals surface area contributed by atoms with Crippen molar-refractivity contribution in [3.63, 3.8) is 0 Å². The summed E-state index contributed by atoms with van der Waals surface area (Å²) in [6.07, 6.45) is 3.01. The van der Waals surface area contributed by atoms with Gasteiger partial charge in [-0.15, -0.1) is 0 Å². The number of aromatic nitrogens is 4. The quantitative estimate of drug-likeness (QED) is 0.337. The summed E-state index contributed by atoms with van der Waals surface area (Å²) in [5.41, 5.74) is 1.57. The van der Waals surface area contributed by atoms with Crippen molar-refractivity contribution in [3.05, 3.63) is 72.7 Å². The van der Waals surface area contributed by atoms with E-state index in [2.05, 4.69) is 25.1 Å². The van der Waals surface area contributed by atoms with E-state index in [9.17, 15) is 18.4 Å². The molecular weight excluding hydrogens is 440 g/mol. The molecule has 2 aromatic carbocycles. The fraction of sp³-hybridized carbons (Fsp3) is 0.0952. The Morgan fingerprint density at radius 2 is 1.81 bits per heavy atom. The van der Waals surface area contributed by atoms with Gasteiger partial charge in [0.25, 0.3) is 5.91 Å². The van der Waals surface area contributed by atoms with Crippen molar-refractivity contribution >= 4 is 34.6 Å². The normalized spacial score (nSPS) is 11.0. The monoisotopic (exact) mass is 455 g/mol. The number of halogens is 2. The lowest BCUT2D eigenvalue weighted by Gasteiger charge is -2.07. The van der Waals surface area contributed by atoms with Gasteiger partial charge in [-0.1, -0.05) is 30.0 Å². The number of carbonyl (C=O) groups excluding carboxylic acids is 2. The summed E-state index contributed by atoms with van der Waals surface area (Å²) in [7, 11) is 0. The van der Waals surface area contributed by atoms with Gasteiger partial charge >= 0.3 is 6.61 Å². The third-order valence-corrected chi connectivity index (χ3v) is 5.27. The van der Waals surface area contributed by atoms with Gasteiger partial charge in [0.15, 0.2) is 5.65 Å². The smallest absolute Gasteiger partial charge is 0.387 e. The minimum atomic E-state index is -2.96. The molecule has 0 radical (unpaired) electrons. The Hall–Kier alpha value is -3.86. The number of benzene rings is 2. The van der Waals surface area contributed by atoms with Crippen LogP contribution in [0.4, 0.5) is 8.78 Å². The molecule has 0 unspecified atom stereocenters. The SMILES string of the molecule is O=C(CSc1ncnc2c1cnn2-c1ccccc1)NC(=O)c1ccc(OC(F)F)cc1. The molecule has 0 spiro atoms. The van der Waals surface area contributed by atoms with E-state index in [1.54, 1.807) is 10.9 Å². The summed E-state index contributed by atoms with van der Waals surface area (Å²) in [6, 6.07) is 14.5. The number of nitrogens with zero attached hydrogens (tertiary/aromatic N) is 4. The van der Waals surface area contributed by atoms with Crippen molar-refractivity contribution in [2.75, 3.05) is 5.75 Å². The molecule has 0 aliphatic rings. The van der Waals surface area contributed by atoms with Crippen molar-refractivity contribution in [2.45, 2.75) is 11.6 Å². The van der Waals surface area contributed by atoms with Gasteiger partial charge < -0.3 is 4.74 Å². The summed E-state index contributed by atoms with van der Waals surface area (Å²) in [5, 5.41) is 7.83. The number of carbonyl (C=O) groups is 2. The Balaban J connectivity index is 1.40. The van der Waals surface area contributed by atoms with E-state index >= 15 is 0 Å². The van der Waals surface area contributed by atoms with Crippen LogP contribution in [0.5, 0.6) is 5.75 Å². The van der Waals surface area contributed by atoms with Gasteiger partial charge in [0.1, 0.15) is 17.1 Å². The summed E-state index contributed by atoms with van der Waals surface area (Å²) >= 11 is 1.14. The summed E-state index contributed by atoms with van der Waals surface area (Å²) < 4.78 is 30.3. The molecule has 0 atom stereocenters. The van der Waals surface area contributed by atoms with Crippen LogP contribution in [-0.2, 0) is 4.79 Å². The maximum Gasteiger partial charge on any atom is 0.387 e. The van der Waals surface area contributed by atoms with Gasteiger partial charge in [-0.3, -0.25) is 14.9 Å². The Morgan fingerprint density at radius 1 is 1.06 bits per heavy atom. The van der Waals surface area contributed by atoms with E-state index in [-0.39, 0.29) is 17.1 Å². The maximum absolute atomic E-state index is 12.2. The van der Waals surface area contributed by atoms with Crippen molar-refractivity contribution in [1.82, 2.24) is 25.1 Å². The average molecular weight is 455 g/mol. The summed E-state index contributed by atoms with van der Waals surface area (Å²) in [5.74, 6) is -1.33. The molecule has 0 bridgehead atoms. The van der Waals surface area contributed by atoms with Gasteiger partial charge in [0, 0.05) is 5.56 Å². The Labute approximate surface area is 184 Å². The first kappa shape index (κ1) is 21.4. The van der Waals surface area contributed by atoms with Crippen LogP contribution in [0.3, 0.4) is 0 Å². The topological polar surface area (TPSA) is 99.0 Å². The average Bonchev–Trinajstić information content (AvgIpc) is 3.23. The highest BCUT2D eigenvalue weighted by Crippen LogP contribution is 2.25. The van der Waals surface area contributed by atoms with Crippen molar-refractivity contribution in [2.24, 2.45) is 0 Å². The second-order valence-electron chi connectivity index (χ2n) is 6.38. The van der Waals surface area contributed by atoms with E-state index in [1.807, 2.05) is 30.3 Å². The van der Waals surface area contributed by atoms with Crippen LogP contribution >= 0.6 is 11.8 Å². The summed E-state index contributed by atoms with van der Waals surface area (Å²) in [4.78, 5) is 32.9. The number of ether oxygens (including phenoxy) is 1. The number of thioether (sulfide) groups is 1. The van der Waals surface area contributed by atoms with Gasteiger partial charge in [0.05, 0.1) is 23.0 Å². The predicted octanol–water partition coefficient (Wildman–Crippen LogP) is 3.47. The van der Waals surface area contributed by atoms with Gasteiger partial charge in [-0.05, 0) is 36.4 Å². The third-order valence-electron chi connectivity index (χ3n) is 4.26. The fourth-order valence-electron chi connectivity index (χ4n) is 2.85. The molecule has 2 aromatic heterocycles. The second-order valence-corrected chi connectivity index (χ2v) is 7.34. The highest BCUT2D eigenvalue weighted by molar-refractivity contribution is 8.00. The number of nitrogens with one attached hydrogen (secondary N) is 1. The summed E-state index contributed by atoms with van der Waals surface area (Å²) in [6.45, 7) is -2.96. The number of amides is 2. The molecule has 2 amide bonds. The van der Waals surface area contributed by atoms with E-state index < -0.39 is 18.4 Å². The van der Waals surface area contributed by atoms with Crippen molar-refractivity contribution in [3.8, 4) is 11.4 Å². The van der Waals surface area contributed by atoms with Crippen LogP contribution in [-0.4, -0.2) is 43.9 Å². The molecule has 11 heteroatoms. The molecule has 4 rings (SSSR count). The standard InChI is InChI=1S/C21H15F2N5O3S/c22-21(23)31-15-8-6-13(7-9-15)19(30)27-17(29)11-32-20-16-10-26-28(18(16)24-12-25-20)14-4-2-1-3-5-14/h1-10,12,21H,11H2,(H,27,29,30). The van der Waals surface area contributed by atoms with E-state index in [0.29, 0.717) is 16.1 Å². The second kappa shape index (κ2) is 9.52. The van der Waals surface area contributed by atoms with E-state index in [1.165, 1.54) is 30.6 Å². The number of hydrogen-bond acceptors (Lipinski definition) is 7.